The normalized spacial score (nSPS) is 31.5. The Morgan fingerprint density at radius 2 is 1.56 bits per heavy atom. The summed E-state index contributed by atoms with van der Waals surface area (Å²) in [5, 5.41) is 3.56. The van der Waals surface area contributed by atoms with Gasteiger partial charge in [-0.25, -0.2) is 4.79 Å². The molecule has 0 unspecified atom stereocenters. The van der Waals surface area contributed by atoms with E-state index in [4.69, 9.17) is 21.1 Å². The largest absolute Gasteiger partial charge is 0.486 e. The van der Waals surface area contributed by atoms with E-state index in [9.17, 15) is 9.59 Å². The summed E-state index contributed by atoms with van der Waals surface area (Å²) in [6.07, 6.45) is 8.00. The SMILES string of the molecule is O=C(NCCc1cc(Cl)c2c(c1)OCCO2)N1CCN(C(=O)C23CC4CC(CC(C4)C2)C3)CC1. The Labute approximate surface area is 206 Å². The molecule has 7 rings (SSSR count). The van der Waals surface area contributed by atoms with E-state index in [0.29, 0.717) is 74.8 Å². The first-order chi connectivity index (χ1) is 16.5. The van der Waals surface area contributed by atoms with Crippen LogP contribution >= 0.6 is 11.6 Å². The number of urea groups is 1. The van der Waals surface area contributed by atoms with Crippen LogP contribution in [-0.4, -0.2) is 67.7 Å². The number of carbonyl (C=O) groups is 2. The first kappa shape index (κ1) is 22.3. The highest BCUT2D eigenvalue weighted by Crippen LogP contribution is 2.60. The molecule has 2 aliphatic heterocycles. The van der Waals surface area contributed by atoms with Gasteiger partial charge in [-0.1, -0.05) is 11.6 Å². The molecule has 0 radical (unpaired) electrons. The fourth-order valence-electron chi connectivity index (χ4n) is 7.55. The minimum absolute atomic E-state index is 0.0643. The number of nitrogens with zero attached hydrogens (tertiary/aromatic N) is 2. The zero-order valence-electron chi connectivity index (χ0n) is 19.7. The number of amides is 3. The average molecular weight is 488 g/mol. The topological polar surface area (TPSA) is 71.1 Å². The Kier molecular flexibility index (Phi) is 5.79. The number of piperazine rings is 1. The number of carbonyl (C=O) groups excluding carboxylic acids is 2. The van der Waals surface area contributed by atoms with Crippen molar-refractivity contribution in [1.82, 2.24) is 15.1 Å². The lowest BCUT2D eigenvalue weighted by atomic mass is 9.49. The van der Waals surface area contributed by atoms with Crippen molar-refractivity contribution in [3.63, 3.8) is 0 Å². The lowest BCUT2D eigenvalue weighted by molar-refractivity contribution is -0.159. The summed E-state index contributed by atoms with van der Waals surface area (Å²) < 4.78 is 11.2. The summed E-state index contributed by atoms with van der Waals surface area (Å²) in [5.41, 5.74) is 0.907. The highest BCUT2D eigenvalue weighted by Gasteiger charge is 2.55. The summed E-state index contributed by atoms with van der Waals surface area (Å²) in [4.78, 5) is 30.2. The zero-order valence-corrected chi connectivity index (χ0v) is 20.4. The van der Waals surface area contributed by atoms with Gasteiger partial charge in [-0.05, 0) is 80.4 Å². The molecule has 184 valence electrons. The molecular weight excluding hydrogens is 454 g/mol. The first-order valence-electron chi connectivity index (χ1n) is 12.9. The van der Waals surface area contributed by atoms with Gasteiger partial charge in [0.05, 0.1) is 10.4 Å². The second-order valence-corrected chi connectivity index (χ2v) is 11.5. The smallest absolute Gasteiger partial charge is 0.317 e. The first-order valence-corrected chi connectivity index (χ1v) is 13.3. The third-order valence-electron chi connectivity index (χ3n) is 8.69. The van der Waals surface area contributed by atoms with Crippen LogP contribution in [0.25, 0.3) is 0 Å². The number of fused-ring (bicyclic) bond motifs is 1. The number of hydrogen-bond acceptors (Lipinski definition) is 4. The standard InChI is InChI=1S/C26H34ClN3O4/c27-21-12-17(13-22-23(21)34-8-7-33-22)1-2-28-25(32)30-5-3-29(4-6-30)24(31)26-14-18-9-19(15-26)11-20(10-18)16-26/h12-13,18-20H,1-11,14-16H2,(H,28,32). The Morgan fingerprint density at radius 3 is 2.24 bits per heavy atom. The monoisotopic (exact) mass is 487 g/mol. The molecule has 5 fully saturated rings. The van der Waals surface area contributed by atoms with E-state index in [2.05, 4.69) is 5.32 Å². The van der Waals surface area contributed by atoms with Crippen LogP contribution in [0.2, 0.25) is 5.02 Å². The van der Waals surface area contributed by atoms with Crippen LogP contribution in [0.3, 0.4) is 0 Å². The lowest BCUT2D eigenvalue weighted by Gasteiger charge is -2.57. The van der Waals surface area contributed by atoms with Gasteiger partial charge in [0.15, 0.2) is 11.5 Å². The van der Waals surface area contributed by atoms with Gasteiger partial charge in [0.1, 0.15) is 13.2 Å². The van der Waals surface area contributed by atoms with E-state index in [1.165, 1.54) is 19.3 Å². The maximum Gasteiger partial charge on any atom is 0.317 e. The number of rotatable bonds is 4. The van der Waals surface area contributed by atoms with Gasteiger partial charge < -0.3 is 24.6 Å². The Balaban J connectivity index is 0.986. The van der Waals surface area contributed by atoms with Crippen molar-refractivity contribution < 1.29 is 19.1 Å². The third kappa shape index (κ3) is 4.10. The molecule has 34 heavy (non-hydrogen) atoms. The van der Waals surface area contributed by atoms with Crippen LogP contribution in [0, 0.1) is 23.2 Å². The highest BCUT2D eigenvalue weighted by molar-refractivity contribution is 6.32. The summed E-state index contributed by atoms with van der Waals surface area (Å²) >= 11 is 6.32. The molecular formula is C26H34ClN3O4. The molecule has 0 aromatic heterocycles. The molecule has 3 amide bonds. The minimum Gasteiger partial charge on any atom is -0.486 e. The molecule has 1 aromatic rings. The number of benzene rings is 1. The van der Waals surface area contributed by atoms with Gasteiger partial charge in [-0.2, -0.15) is 0 Å². The van der Waals surface area contributed by atoms with Gasteiger partial charge >= 0.3 is 6.03 Å². The predicted molar refractivity (Wildman–Crippen MR) is 128 cm³/mol. The van der Waals surface area contributed by atoms with Gasteiger partial charge in [0.25, 0.3) is 0 Å². The van der Waals surface area contributed by atoms with E-state index in [-0.39, 0.29) is 11.4 Å². The van der Waals surface area contributed by atoms with Gasteiger partial charge in [0, 0.05) is 32.7 Å². The van der Waals surface area contributed by atoms with Crippen LogP contribution in [0.4, 0.5) is 4.79 Å². The van der Waals surface area contributed by atoms with Crippen molar-refractivity contribution in [2.24, 2.45) is 23.2 Å². The summed E-state index contributed by atoms with van der Waals surface area (Å²) in [5.74, 6) is 3.95. The second-order valence-electron chi connectivity index (χ2n) is 11.1. The number of hydrogen-bond donors (Lipinski definition) is 1. The van der Waals surface area contributed by atoms with Gasteiger partial charge in [0.2, 0.25) is 5.91 Å². The molecule has 1 saturated heterocycles. The minimum atomic E-state index is -0.0932. The fraction of sp³-hybridized carbons (Fsp3) is 0.692. The molecule has 4 aliphatic carbocycles. The van der Waals surface area contributed by atoms with Gasteiger partial charge in [-0.15, -0.1) is 0 Å². The molecule has 2 heterocycles. The van der Waals surface area contributed by atoms with Crippen LogP contribution in [-0.2, 0) is 11.2 Å². The van der Waals surface area contributed by atoms with Crippen LogP contribution in [0.15, 0.2) is 12.1 Å². The molecule has 4 saturated carbocycles. The number of halogens is 1. The van der Waals surface area contributed by atoms with E-state index in [0.717, 1.165) is 42.6 Å². The summed E-state index contributed by atoms with van der Waals surface area (Å²) in [6, 6.07) is 3.74. The van der Waals surface area contributed by atoms with Crippen molar-refractivity contribution in [2.75, 3.05) is 45.9 Å². The van der Waals surface area contributed by atoms with E-state index in [1.807, 2.05) is 21.9 Å². The second kappa shape index (κ2) is 8.81. The van der Waals surface area contributed by atoms with E-state index in [1.54, 1.807) is 0 Å². The Bertz CT molecular complexity index is 940. The molecule has 7 nitrogen and oxygen atoms in total. The van der Waals surface area contributed by atoms with E-state index >= 15 is 0 Å². The number of nitrogens with one attached hydrogen (secondary N) is 1. The molecule has 8 heteroatoms. The van der Waals surface area contributed by atoms with Crippen molar-refractivity contribution in [3.05, 3.63) is 22.7 Å². The zero-order chi connectivity index (χ0) is 23.3. The van der Waals surface area contributed by atoms with Crippen LogP contribution in [0.5, 0.6) is 11.5 Å². The Morgan fingerprint density at radius 1 is 0.941 bits per heavy atom. The van der Waals surface area contributed by atoms with Crippen molar-refractivity contribution in [1.29, 1.82) is 0 Å². The van der Waals surface area contributed by atoms with Crippen molar-refractivity contribution in [3.8, 4) is 11.5 Å². The quantitative estimate of drug-likeness (QED) is 0.702. The van der Waals surface area contributed by atoms with Crippen molar-refractivity contribution in [2.45, 2.75) is 44.9 Å². The summed E-state index contributed by atoms with van der Waals surface area (Å²) in [6.45, 7) is 4.02. The molecule has 1 N–H and O–H groups in total. The predicted octanol–water partition coefficient (Wildman–Crippen LogP) is 3.72. The fourth-order valence-corrected chi connectivity index (χ4v) is 7.84. The van der Waals surface area contributed by atoms with Crippen molar-refractivity contribution >= 4 is 23.5 Å². The molecule has 6 aliphatic rings. The van der Waals surface area contributed by atoms with E-state index < -0.39 is 0 Å². The molecule has 4 bridgehead atoms. The van der Waals surface area contributed by atoms with Crippen LogP contribution in [0.1, 0.15) is 44.1 Å². The van der Waals surface area contributed by atoms with Crippen LogP contribution < -0.4 is 14.8 Å². The molecule has 0 atom stereocenters. The van der Waals surface area contributed by atoms with Gasteiger partial charge in [-0.3, -0.25) is 4.79 Å². The maximum absolute atomic E-state index is 13.6. The average Bonchev–Trinajstić information content (AvgIpc) is 2.83. The highest BCUT2D eigenvalue weighted by atomic mass is 35.5. The Hall–Kier alpha value is -2.15. The molecule has 1 aromatic carbocycles. The third-order valence-corrected chi connectivity index (χ3v) is 8.97. The maximum atomic E-state index is 13.6. The molecule has 0 spiro atoms. The number of ether oxygens (including phenoxy) is 2. The lowest BCUT2D eigenvalue weighted by Crippen LogP contribution is -2.59. The summed E-state index contributed by atoms with van der Waals surface area (Å²) in [7, 11) is 0.